The number of rotatable bonds is 4. The summed E-state index contributed by atoms with van der Waals surface area (Å²) in [7, 11) is 0. The molecule has 0 bridgehead atoms. The van der Waals surface area contributed by atoms with Crippen LogP contribution in [-0.4, -0.2) is 46.2 Å². The van der Waals surface area contributed by atoms with Gasteiger partial charge in [-0.05, 0) is 31.9 Å². The van der Waals surface area contributed by atoms with Crippen LogP contribution in [0.1, 0.15) is 29.1 Å². The predicted molar refractivity (Wildman–Crippen MR) is 84.2 cm³/mol. The van der Waals surface area contributed by atoms with Crippen molar-refractivity contribution in [1.29, 1.82) is 0 Å². The number of piperidine rings is 1. The molecule has 3 heterocycles. The average molecular weight is 334 g/mol. The van der Waals surface area contributed by atoms with Gasteiger partial charge in [-0.3, -0.25) is 4.79 Å². The predicted octanol–water partition coefficient (Wildman–Crippen LogP) is 1.28. The molecule has 0 spiro atoms. The number of carbonyl (C=O) groups is 1. The zero-order valence-corrected chi connectivity index (χ0v) is 13.3. The number of hydrogen-bond acceptors (Lipinski definition) is 6. The van der Waals surface area contributed by atoms with Crippen molar-refractivity contribution in [2.24, 2.45) is 0 Å². The Hall–Kier alpha value is -2.48. The minimum Gasteiger partial charge on any atom is -0.438 e. The monoisotopic (exact) mass is 334 g/mol. The highest BCUT2D eigenvalue weighted by atomic mass is 19.1. The molecule has 7 nitrogen and oxygen atoms in total. The highest BCUT2D eigenvalue weighted by molar-refractivity contribution is 5.92. The molecular weight excluding hydrogens is 315 g/mol. The minimum atomic E-state index is -1.09. The lowest BCUT2D eigenvalue weighted by molar-refractivity contribution is 0.0251. The molecule has 0 saturated carbocycles. The molecule has 1 amide bonds. The van der Waals surface area contributed by atoms with Crippen LogP contribution < -0.4 is 10.2 Å². The number of hydrogen-bond donors (Lipinski definition) is 2. The van der Waals surface area contributed by atoms with E-state index in [4.69, 9.17) is 4.42 Å². The Bertz CT molecular complexity index is 718. The van der Waals surface area contributed by atoms with Crippen LogP contribution in [-0.2, 0) is 0 Å². The van der Waals surface area contributed by atoms with Crippen molar-refractivity contribution in [1.82, 2.24) is 15.3 Å². The maximum atomic E-state index is 13.0. The van der Waals surface area contributed by atoms with Crippen molar-refractivity contribution in [2.75, 3.05) is 24.5 Å². The maximum absolute atomic E-state index is 13.0. The van der Waals surface area contributed by atoms with Crippen LogP contribution in [0, 0.1) is 12.7 Å². The number of β-amino-alcohol motifs (C(OH)–C–C–N with tert-alkyl or cyclic N) is 1. The van der Waals surface area contributed by atoms with Crippen LogP contribution in [0.2, 0.25) is 0 Å². The number of aryl methyl sites for hydroxylation is 1. The van der Waals surface area contributed by atoms with Crippen molar-refractivity contribution in [2.45, 2.75) is 25.4 Å². The van der Waals surface area contributed by atoms with E-state index < -0.39 is 17.3 Å². The van der Waals surface area contributed by atoms with E-state index in [0.29, 0.717) is 24.5 Å². The molecule has 0 aromatic carbocycles. The zero-order valence-electron chi connectivity index (χ0n) is 13.3. The third kappa shape index (κ3) is 3.53. The third-order valence-corrected chi connectivity index (χ3v) is 4.12. The molecule has 2 aromatic rings. The Labute approximate surface area is 138 Å². The van der Waals surface area contributed by atoms with Crippen molar-refractivity contribution < 1.29 is 18.7 Å². The number of nitrogens with zero attached hydrogens (tertiary/aromatic N) is 3. The van der Waals surface area contributed by atoms with Crippen LogP contribution in [0.15, 0.2) is 29.1 Å². The molecule has 0 unspecified atom stereocenters. The number of nitrogens with one attached hydrogen (secondary N) is 1. The molecular formula is C16H19FN4O3. The first-order chi connectivity index (χ1) is 11.5. The molecule has 0 radical (unpaired) electrons. The Morgan fingerprint density at radius 3 is 3.00 bits per heavy atom. The summed E-state index contributed by atoms with van der Waals surface area (Å²) >= 11 is 0. The van der Waals surface area contributed by atoms with Crippen LogP contribution in [0.3, 0.4) is 0 Å². The van der Waals surface area contributed by atoms with E-state index in [-0.39, 0.29) is 12.3 Å². The zero-order chi connectivity index (χ0) is 17.2. The van der Waals surface area contributed by atoms with Gasteiger partial charge in [0, 0.05) is 19.6 Å². The number of aliphatic hydroxyl groups is 1. The lowest BCUT2D eigenvalue weighted by atomic mass is 9.92. The van der Waals surface area contributed by atoms with Crippen molar-refractivity contribution in [3.8, 4) is 0 Å². The van der Waals surface area contributed by atoms with Gasteiger partial charge in [-0.1, -0.05) is 0 Å². The molecule has 1 fully saturated rings. The van der Waals surface area contributed by atoms with Gasteiger partial charge in [-0.2, -0.15) is 0 Å². The van der Waals surface area contributed by atoms with E-state index in [0.717, 1.165) is 19.2 Å². The summed E-state index contributed by atoms with van der Waals surface area (Å²) in [6.07, 6.45) is 3.66. The highest BCUT2D eigenvalue weighted by Crippen LogP contribution is 2.24. The van der Waals surface area contributed by atoms with E-state index in [9.17, 15) is 14.3 Å². The minimum absolute atomic E-state index is 0.0870. The highest BCUT2D eigenvalue weighted by Gasteiger charge is 2.34. The summed E-state index contributed by atoms with van der Waals surface area (Å²) in [5, 5.41) is 13.5. The largest absolute Gasteiger partial charge is 0.438 e. The first-order valence-corrected chi connectivity index (χ1v) is 7.74. The van der Waals surface area contributed by atoms with Gasteiger partial charge in [0.15, 0.2) is 6.39 Å². The standard InChI is InChI=1S/C16H19FN4O3/c1-11-14(24-10-20-11)15(22)19-8-16(23)5-2-6-21(9-16)13-4-3-12(17)7-18-13/h3-4,7,10,23H,2,5-6,8-9H2,1H3,(H,19,22)/t16-/m1/s1. The smallest absolute Gasteiger partial charge is 0.289 e. The normalized spacial score (nSPS) is 20.9. The summed E-state index contributed by atoms with van der Waals surface area (Å²) in [6, 6.07) is 2.92. The molecule has 24 heavy (non-hydrogen) atoms. The van der Waals surface area contributed by atoms with E-state index in [2.05, 4.69) is 15.3 Å². The van der Waals surface area contributed by atoms with Crippen molar-refractivity contribution >= 4 is 11.7 Å². The fourth-order valence-electron chi connectivity index (χ4n) is 2.85. The van der Waals surface area contributed by atoms with Crippen molar-refractivity contribution in [3.05, 3.63) is 42.0 Å². The quantitative estimate of drug-likeness (QED) is 0.875. The van der Waals surface area contributed by atoms with Gasteiger partial charge in [0.05, 0.1) is 17.5 Å². The molecule has 1 aliphatic rings. The molecule has 2 N–H and O–H groups in total. The summed E-state index contributed by atoms with van der Waals surface area (Å²) in [5.74, 6) is -0.0606. The lowest BCUT2D eigenvalue weighted by Gasteiger charge is -2.39. The van der Waals surface area contributed by atoms with Gasteiger partial charge < -0.3 is 19.7 Å². The SMILES string of the molecule is Cc1ncoc1C(=O)NC[C@]1(O)CCCN(c2ccc(F)cn2)C1. The topological polar surface area (TPSA) is 91.5 Å². The fourth-order valence-corrected chi connectivity index (χ4v) is 2.85. The van der Waals surface area contributed by atoms with E-state index >= 15 is 0 Å². The number of oxazole rings is 1. The van der Waals surface area contributed by atoms with Gasteiger partial charge in [0.1, 0.15) is 11.6 Å². The molecule has 3 rings (SSSR count). The fraction of sp³-hybridized carbons (Fsp3) is 0.438. The van der Waals surface area contributed by atoms with E-state index in [1.807, 2.05) is 4.90 Å². The van der Waals surface area contributed by atoms with E-state index in [1.165, 1.54) is 12.5 Å². The van der Waals surface area contributed by atoms with E-state index in [1.54, 1.807) is 13.0 Å². The van der Waals surface area contributed by atoms with Gasteiger partial charge in [0.25, 0.3) is 5.91 Å². The first kappa shape index (κ1) is 16.4. The molecule has 1 atom stereocenters. The molecule has 128 valence electrons. The second-order valence-corrected chi connectivity index (χ2v) is 6.03. The summed E-state index contributed by atoms with van der Waals surface area (Å²) < 4.78 is 18.0. The van der Waals surface area contributed by atoms with Crippen LogP contribution >= 0.6 is 0 Å². The first-order valence-electron chi connectivity index (χ1n) is 7.74. The summed E-state index contributed by atoms with van der Waals surface area (Å²) in [6.45, 7) is 2.79. The Morgan fingerprint density at radius 1 is 1.50 bits per heavy atom. The Morgan fingerprint density at radius 2 is 2.33 bits per heavy atom. The number of aromatic nitrogens is 2. The van der Waals surface area contributed by atoms with Gasteiger partial charge in [-0.25, -0.2) is 14.4 Å². The molecule has 8 heteroatoms. The number of amides is 1. The van der Waals surface area contributed by atoms with Crippen LogP contribution in [0.25, 0.3) is 0 Å². The molecule has 2 aromatic heterocycles. The second kappa shape index (κ2) is 6.56. The van der Waals surface area contributed by atoms with Gasteiger partial charge >= 0.3 is 0 Å². The van der Waals surface area contributed by atoms with Crippen LogP contribution in [0.4, 0.5) is 10.2 Å². The second-order valence-electron chi connectivity index (χ2n) is 6.03. The molecule has 1 aliphatic heterocycles. The number of anilines is 1. The van der Waals surface area contributed by atoms with Gasteiger partial charge in [0.2, 0.25) is 5.76 Å². The van der Waals surface area contributed by atoms with Crippen molar-refractivity contribution in [3.63, 3.8) is 0 Å². The Balaban J connectivity index is 1.63. The summed E-state index contributed by atoms with van der Waals surface area (Å²) in [5.41, 5.74) is -0.585. The third-order valence-electron chi connectivity index (χ3n) is 4.12. The average Bonchev–Trinajstić information content (AvgIpc) is 3.00. The van der Waals surface area contributed by atoms with Gasteiger partial charge in [-0.15, -0.1) is 0 Å². The number of halogens is 1. The van der Waals surface area contributed by atoms with Crippen LogP contribution in [0.5, 0.6) is 0 Å². The summed E-state index contributed by atoms with van der Waals surface area (Å²) in [4.78, 5) is 21.9. The number of pyridine rings is 1. The Kier molecular flexibility index (Phi) is 4.48. The maximum Gasteiger partial charge on any atom is 0.289 e. The molecule has 1 saturated heterocycles. The molecule has 0 aliphatic carbocycles. The lowest BCUT2D eigenvalue weighted by Crippen LogP contribution is -2.54. The number of carbonyl (C=O) groups excluding carboxylic acids is 1.